The Bertz CT molecular complexity index is 1010. The van der Waals surface area contributed by atoms with E-state index in [4.69, 9.17) is 25.8 Å². The zero-order chi connectivity index (χ0) is 22.0. The summed E-state index contributed by atoms with van der Waals surface area (Å²) < 4.78 is 16.8. The summed E-state index contributed by atoms with van der Waals surface area (Å²) in [6, 6.07) is 1.52. The first-order valence-electron chi connectivity index (χ1n) is 9.93. The maximum atomic E-state index is 13.9. The molecule has 3 atom stereocenters. The Hall–Kier alpha value is -2.54. The number of nitrogens with one attached hydrogen (secondary N) is 1. The Morgan fingerprint density at radius 3 is 2.40 bits per heavy atom. The minimum atomic E-state index is -1.74. The van der Waals surface area contributed by atoms with Gasteiger partial charge in [0, 0.05) is 35.6 Å². The van der Waals surface area contributed by atoms with E-state index in [0.29, 0.717) is 17.7 Å². The van der Waals surface area contributed by atoms with Crippen molar-refractivity contribution in [3.05, 3.63) is 27.9 Å². The number of carbonyl (C=O) groups excluding carboxylic acids is 3. The number of halogens is 1. The fourth-order valence-corrected chi connectivity index (χ4v) is 5.06. The van der Waals surface area contributed by atoms with Gasteiger partial charge in [0.2, 0.25) is 23.1 Å². The van der Waals surface area contributed by atoms with Crippen LogP contribution in [0, 0.1) is 17.8 Å². The third-order valence-corrected chi connectivity index (χ3v) is 6.76. The molecule has 3 aliphatic rings. The lowest BCUT2D eigenvalue weighted by molar-refractivity contribution is -0.132. The molecule has 0 bridgehead atoms. The molecule has 1 aromatic rings. The van der Waals surface area contributed by atoms with Gasteiger partial charge in [-0.2, -0.15) is 0 Å². The topological polar surface area (TPSA) is 90.9 Å². The third-order valence-electron chi connectivity index (χ3n) is 6.40. The highest BCUT2D eigenvalue weighted by molar-refractivity contribution is 6.36. The van der Waals surface area contributed by atoms with E-state index in [1.165, 1.54) is 20.3 Å². The van der Waals surface area contributed by atoms with Crippen LogP contribution in [0.3, 0.4) is 0 Å². The van der Waals surface area contributed by atoms with Crippen LogP contribution >= 0.6 is 11.6 Å². The molecule has 1 aromatic carbocycles. The van der Waals surface area contributed by atoms with Crippen LogP contribution in [0.1, 0.15) is 44.0 Å². The highest BCUT2D eigenvalue weighted by Crippen LogP contribution is 2.54. The summed E-state index contributed by atoms with van der Waals surface area (Å²) in [6.45, 7) is 5.69. The van der Waals surface area contributed by atoms with Crippen molar-refractivity contribution in [2.24, 2.45) is 17.8 Å². The van der Waals surface area contributed by atoms with E-state index in [2.05, 4.69) is 5.32 Å². The van der Waals surface area contributed by atoms with E-state index in [9.17, 15) is 14.4 Å². The minimum absolute atomic E-state index is 0.0487. The summed E-state index contributed by atoms with van der Waals surface area (Å²) in [5.41, 5.74) is -0.518. The number of fused-ring (bicyclic) bond motifs is 1. The van der Waals surface area contributed by atoms with Crippen LogP contribution in [0.2, 0.25) is 5.02 Å². The molecule has 4 rings (SSSR count). The number of Topliss-reactive ketones (excluding diaryl/α,β-unsaturated/α-hetero) is 2. The fraction of sp³-hybridized carbons (Fsp3) is 0.500. The van der Waals surface area contributed by atoms with Gasteiger partial charge in [-0.1, -0.05) is 32.4 Å². The SMILES string of the molecule is COc1cc(OC)c2c(c1Cl)OC1(C(=O)C3=C(CC1C)NC(=O)CC3C(C)C)C2=O. The van der Waals surface area contributed by atoms with Gasteiger partial charge in [-0.15, -0.1) is 0 Å². The van der Waals surface area contributed by atoms with Gasteiger partial charge in [0.25, 0.3) is 0 Å². The van der Waals surface area contributed by atoms with E-state index in [1.54, 1.807) is 6.92 Å². The van der Waals surface area contributed by atoms with E-state index in [-0.39, 0.29) is 52.0 Å². The molecule has 2 aliphatic heterocycles. The molecule has 0 aromatic heterocycles. The zero-order valence-corrected chi connectivity index (χ0v) is 18.3. The van der Waals surface area contributed by atoms with Crippen molar-refractivity contribution in [3.8, 4) is 17.2 Å². The average molecular weight is 434 g/mol. The maximum absolute atomic E-state index is 13.9. The summed E-state index contributed by atoms with van der Waals surface area (Å²) in [6.07, 6.45) is 0.540. The summed E-state index contributed by atoms with van der Waals surface area (Å²) >= 11 is 6.44. The fourth-order valence-electron chi connectivity index (χ4n) is 4.80. The Kier molecular flexibility index (Phi) is 4.84. The number of ketones is 2. The quantitative estimate of drug-likeness (QED) is 0.735. The van der Waals surface area contributed by atoms with Crippen LogP contribution in [-0.2, 0) is 9.59 Å². The van der Waals surface area contributed by atoms with E-state index < -0.39 is 23.1 Å². The summed E-state index contributed by atoms with van der Waals surface area (Å²) in [5.74, 6) is -1.10. The second-order valence-electron chi connectivity index (χ2n) is 8.40. The molecule has 1 amide bonds. The Labute approximate surface area is 179 Å². The van der Waals surface area contributed by atoms with Crippen LogP contribution in [-0.4, -0.2) is 37.3 Å². The Morgan fingerprint density at radius 1 is 1.13 bits per heavy atom. The molecular weight excluding hydrogens is 410 g/mol. The molecule has 3 unspecified atom stereocenters. The average Bonchev–Trinajstić information content (AvgIpc) is 3.01. The van der Waals surface area contributed by atoms with Crippen molar-refractivity contribution in [1.29, 1.82) is 0 Å². The van der Waals surface area contributed by atoms with Crippen molar-refractivity contribution < 1.29 is 28.6 Å². The van der Waals surface area contributed by atoms with Gasteiger partial charge in [0.1, 0.15) is 22.1 Å². The predicted octanol–water partition coefficient (Wildman–Crippen LogP) is 3.33. The number of hydrogen-bond donors (Lipinski definition) is 1. The van der Waals surface area contributed by atoms with Gasteiger partial charge in [-0.3, -0.25) is 14.4 Å². The molecular formula is C22H24ClNO6. The minimum Gasteiger partial charge on any atom is -0.496 e. The van der Waals surface area contributed by atoms with Gasteiger partial charge in [0.05, 0.1) is 14.2 Å². The van der Waals surface area contributed by atoms with Gasteiger partial charge in [0.15, 0.2) is 5.75 Å². The second-order valence-corrected chi connectivity index (χ2v) is 8.77. The van der Waals surface area contributed by atoms with Crippen LogP contribution in [0.25, 0.3) is 0 Å². The molecule has 0 saturated heterocycles. The normalized spacial score (nSPS) is 27.8. The van der Waals surface area contributed by atoms with Gasteiger partial charge < -0.3 is 19.5 Å². The lowest BCUT2D eigenvalue weighted by Gasteiger charge is -2.42. The summed E-state index contributed by atoms with van der Waals surface area (Å²) in [4.78, 5) is 39.8. The summed E-state index contributed by atoms with van der Waals surface area (Å²) in [7, 11) is 2.88. The molecule has 160 valence electrons. The first-order chi connectivity index (χ1) is 14.2. The third kappa shape index (κ3) is 2.61. The van der Waals surface area contributed by atoms with Crippen molar-refractivity contribution in [3.63, 3.8) is 0 Å². The monoisotopic (exact) mass is 433 g/mol. The van der Waals surface area contributed by atoms with Gasteiger partial charge in [-0.25, -0.2) is 0 Å². The number of rotatable bonds is 3. The smallest absolute Gasteiger partial charge is 0.236 e. The molecule has 0 radical (unpaired) electrons. The molecule has 7 nitrogen and oxygen atoms in total. The molecule has 1 spiro atoms. The number of carbonyl (C=O) groups is 3. The number of allylic oxidation sites excluding steroid dienone is 1. The number of hydrogen-bond acceptors (Lipinski definition) is 6. The van der Waals surface area contributed by atoms with Crippen LogP contribution in [0.15, 0.2) is 17.3 Å². The molecule has 1 aliphatic carbocycles. The number of amides is 1. The zero-order valence-electron chi connectivity index (χ0n) is 17.6. The van der Waals surface area contributed by atoms with Crippen molar-refractivity contribution in [1.82, 2.24) is 5.32 Å². The number of ether oxygens (including phenoxy) is 3. The molecule has 1 N–H and O–H groups in total. The van der Waals surface area contributed by atoms with Crippen molar-refractivity contribution >= 4 is 29.1 Å². The largest absolute Gasteiger partial charge is 0.496 e. The molecule has 2 heterocycles. The van der Waals surface area contributed by atoms with E-state index in [0.717, 1.165) is 0 Å². The van der Waals surface area contributed by atoms with Crippen molar-refractivity contribution in [2.75, 3.05) is 14.2 Å². The molecule has 0 fully saturated rings. The van der Waals surface area contributed by atoms with Crippen LogP contribution in [0.5, 0.6) is 17.2 Å². The highest BCUT2D eigenvalue weighted by atomic mass is 35.5. The molecule has 30 heavy (non-hydrogen) atoms. The van der Waals surface area contributed by atoms with Crippen LogP contribution in [0.4, 0.5) is 0 Å². The highest BCUT2D eigenvalue weighted by Gasteiger charge is 2.63. The lowest BCUT2D eigenvalue weighted by atomic mass is 9.65. The molecule has 8 heteroatoms. The summed E-state index contributed by atoms with van der Waals surface area (Å²) in [5, 5.41) is 2.96. The Morgan fingerprint density at radius 2 is 1.80 bits per heavy atom. The Balaban J connectivity index is 1.90. The second kappa shape index (κ2) is 7.01. The van der Waals surface area contributed by atoms with Crippen LogP contribution < -0.4 is 19.5 Å². The first-order valence-corrected chi connectivity index (χ1v) is 10.3. The maximum Gasteiger partial charge on any atom is 0.236 e. The van der Waals surface area contributed by atoms with E-state index >= 15 is 0 Å². The van der Waals surface area contributed by atoms with Gasteiger partial charge >= 0.3 is 0 Å². The number of methoxy groups -OCH3 is 2. The van der Waals surface area contributed by atoms with Gasteiger partial charge in [-0.05, 0) is 12.3 Å². The standard InChI is InChI=1S/C22H24ClNO6/c1-9(2)11-7-15(25)24-12-6-10(3)22(20(26)16(11)12)21(27)17-13(28-4)8-14(29-5)18(23)19(17)30-22/h8-11H,6-7H2,1-5H3,(H,24,25). The number of benzene rings is 1. The lowest BCUT2D eigenvalue weighted by Crippen LogP contribution is -2.59. The first kappa shape index (κ1) is 20.7. The molecule has 0 saturated carbocycles. The predicted molar refractivity (Wildman–Crippen MR) is 109 cm³/mol. The van der Waals surface area contributed by atoms with E-state index in [1.807, 2.05) is 13.8 Å². The van der Waals surface area contributed by atoms with Crippen molar-refractivity contribution in [2.45, 2.75) is 39.2 Å².